The second kappa shape index (κ2) is 5.57. The van der Waals surface area contributed by atoms with Crippen molar-refractivity contribution < 1.29 is 0 Å². The summed E-state index contributed by atoms with van der Waals surface area (Å²) in [7, 11) is 0. The van der Waals surface area contributed by atoms with E-state index >= 15 is 0 Å². The van der Waals surface area contributed by atoms with Crippen LogP contribution in [0.5, 0.6) is 0 Å². The summed E-state index contributed by atoms with van der Waals surface area (Å²) < 4.78 is 0. The second-order valence-electron chi connectivity index (χ2n) is 6.21. The maximum atomic E-state index is 6.14. The molecule has 0 atom stereocenters. The summed E-state index contributed by atoms with van der Waals surface area (Å²) in [4.78, 5) is 8.12. The molecule has 3 rings (SSSR count). The molecule has 1 aromatic carbocycles. The Bertz CT molecular complexity index is 579. The average Bonchev–Trinajstić information content (AvgIpc) is 2.89. The molecule has 2 aromatic rings. The Kier molecular flexibility index (Phi) is 3.79. The van der Waals surface area contributed by atoms with Gasteiger partial charge in [0.05, 0.1) is 11.0 Å². The van der Waals surface area contributed by atoms with Crippen LogP contribution in [-0.4, -0.2) is 16.5 Å². The van der Waals surface area contributed by atoms with Crippen molar-refractivity contribution in [3.8, 4) is 0 Å². The zero-order valence-electron chi connectivity index (χ0n) is 12.4. The number of benzene rings is 1. The molecule has 0 unspecified atom stereocenters. The predicted molar refractivity (Wildman–Crippen MR) is 83.9 cm³/mol. The van der Waals surface area contributed by atoms with Crippen LogP contribution >= 0.6 is 0 Å². The van der Waals surface area contributed by atoms with E-state index < -0.39 is 0 Å². The number of aryl methyl sites for hydroxylation is 1. The molecule has 0 aliphatic heterocycles. The number of nitrogens with two attached hydrogens (primary N) is 1. The zero-order chi connectivity index (χ0) is 14.0. The molecule has 3 heteroatoms. The molecule has 1 aliphatic rings. The fraction of sp³-hybridized carbons (Fsp3) is 0.588. The lowest BCUT2D eigenvalue weighted by Crippen LogP contribution is -2.37. The average molecular weight is 271 g/mol. The highest BCUT2D eigenvalue weighted by Gasteiger charge is 2.32. The minimum absolute atomic E-state index is 0.197. The van der Waals surface area contributed by atoms with E-state index in [0.717, 1.165) is 30.7 Å². The van der Waals surface area contributed by atoms with Crippen molar-refractivity contribution in [2.45, 2.75) is 57.3 Å². The van der Waals surface area contributed by atoms with Crippen molar-refractivity contribution in [3.63, 3.8) is 0 Å². The molecule has 0 amide bonds. The van der Waals surface area contributed by atoms with Crippen molar-refractivity contribution >= 4 is 11.0 Å². The third kappa shape index (κ3) is 2.35. The van der Waals surface area contributed by atoms with Crippen molar-refractivity contribution in [2.24, 2.45) is 5.73 Å². The summed E-state index contributed by atoms with van der Waals surface area (Å²) in [5.74, 6) is 1.10. The number of hydrogen-bond donors (Lipinski definition) is 2. The minimum atomic E-state index is 0.197. The molecule has 1 heterocycles. The minimum Gasteiger partial charge on any atom is -0.342 e. The molecule has 3 nitrogen and oxygen atoms in total. The fourth-order valence-electron chi connectivity index (χ4n) is 3.59. The molecule has 1 fully saturated rings. The van der Waals surface area contributed by atoms with E-state index in [2.05, 4.69) is 35.1 Å². The topological polar surface area (TPSA) is 54.7 Å². The van der Waals surface area contributed by atoms with Crippen LogP contribution in [0.2, 0.25) is 0 Å². The molecule has 1 aromatic heterocycles. The van der Waals surface area contributed by atoms with Crippen molar-refractivity contribution in [3.05, 3.63) is 29.6 Å². The zero-order valence-corrected chi connectivity index (χ0v) is 12.4. The lowest BCUT2D eigenvalue weighted by Gasteiger charge is -2.36. The van der Waals surface area contributed by atoms with Crippen LogP contribution < -0.4 is 5.73 Å². The number of fused-ring (bicyclic) bond motifs is 1. The fourth-order valence-corrected chi connectivity index (χ4v) is 3.59. The van der Waals surface area contributed by atoms with Crippen LogP contribution in [0.25, 0.3) is 11.0 Å². The molecule has 0 radical (unpaired) electrons. The van der Waals surface area contributed by atoms with Gasteiger partial charge < -0.3 is 10.7 Å². The summed E-state index contributed by atoms with van der Waals surface area (Å²) in [6.45, 7) is 2.94. The number of nitrogens with zero attached hydrogens (tertiary/aromatic N) is 1. The van der Waals surface area contributed by atoms with E-state index in [9.17, 15) is 0 Å². The highest BCUT2D eigenvalue weighted by atomic mass is 14.9. The molecule has 20 heavy (non-hydrogen) atoms. The first-order valence-electron chi connectivity index (χ1n) is 7.96. The third-order valence-corrected chi connectivity index (χ3v) is 4.83. The molecule has 108 valence electrons. The van der Waals surface area contributed by atoms with E-state index in [1.54, 1.807) is 0 Å². The highest BCUT2D eigenvalue weighted by Crippen LogP contribution is 2.39. The number of aromatic nitrogens is 2. The van der Waals surface area contributed by atoms with Gasteiger partial charge in [-0.25, -0.2) is 4.98 Å². The van der Waals surface area contributed by atoms with Gasteiger partial charge in [0.15, 0.2) is 0 Å². The number of rotatable bonds is 4. The van der Waals surface area contributed by atoms with E-state index in [4.69, 9.17) is 5.73 Å². The van der Waals surface area contributed by atoms with Crippen molar-refractivity contribution in [1.29, 1.82) is 0 Å². The van der Waals surface area contributed by atoms with Crippen LogP contribution in [0.15, 0.2) is 18.2 Å². The Hall–Kier alpha value is -1.35. The Morgan fingerprint density at radius 3 is 2.75 bits per heavy atom. The maximum absolute atomic E-state index is 6.14. The Morgan fingerprint density at radius 1 is 1.25 bits per heavy atom. The normalized spacial score (nSPS) is 18.5. The summed E-state index contributed by atoms with van der Waals surface area (Å²) >= 11 is 0. The maximum Gasteiger partial charge on any atom is 0.107 e. The number of hydrogen-bond acceptors (Lipinski definition) is 2. The van der Waals surface area contributed by atoms with Crippen LogP contribution in [0.4, 0.5) is 0 Å². The number of nitrogens with one attached hydrogen (secondary N) is 1. The summed E-state index contributed by atoms with van der Waals surface area (Å²) in [5, 5.41) is 0. The van der Waals surface area contributed by atoms with Gasteiger partial charge in [-0.1, -0.05) is 32.3 Å². The molecule has 1 aliphatic carbocycles. The Balaban J connectivity index is 1.98. The summed E-state index contributed by atoms with van der Waals surface area (Å²) in [6, 6.07) is 6.70. The van der Waals surface area contributed by atoms with E-state index in [1.165, 1.54) is 43.2 Å². The van der Waals surface area contributed by atoms with Gasteiger partial charge in [0.1, 0.15) is 5.82 Å². The first-order chi connectivity index (χ1) is 9.77. The standard InChI is InChI=1S/C17H25N3/c1-2-6-16-19-14-8-7-13(11-15(14)20-16)17(12-18)9-4-3-5-10-17/h7-8,11H,2-6,9-10,12,18H2,1H3,(H,19,20). The van der Waals surface area contributed by atoms with Gasteiger partial charge in [0.25, 0.3) is 0 Å². The third-order valence-electron chi connectivity index (χ3n) is 4.83. The smallest absolute Gasteiger partial charge is 0.107 e. The predicted octanol–water partition coefficient (Wildman–Crippen LogP) is 3.68. The van der Waals surface area contributed by atoms with Crippen molar-refractivity contribution in [1.82, 2.24) is 9.97 Å². The van der Waals surface area contributed by atoms with Crippen molar-refractivity contribution in [2.75, 3.05) is 6.54 Å². The quantitative estimate of drug-likeness (QED) is 0.891. The molecule has 3 N–H and O–H groups in total. The largest absolute Gasteiger partial charge is 0.342 e. The van der Waals surface area contributed by atoms with Crippen LogP contribution in [0, 0.1) is 0 Å². The molecule has 0 spiro atoms. The van der Waals surface area contributed by atoms with E-state index in [0.29, 0.717) is 0 Å². The molecule has 0 bridgehead atoms. The van der Waals surface area contributed by atoms with Gasteiger partial charge in [-0.15, -0.1) is 0 Å². The van der Waals surface area contributed by atoms with E-state index in [1.807, 2.05) is 0 Å². The Morgan fingerprint density at radius 2 is 2.05 bits per heavy atom. The van der Waals surface area contributed by atoms with Gasteiger partial charge >= 0.3 is 0 Å². The first kappa shape index (κ1) is 13.6. The Labute approximate surface area is 121 Å². The monoisotopic (exact) mass is 271 g/mol. The van der Waals surface area contributed by atoms with Crippen LogP contribution in [0.3, 0.4) is 0 Å². The lowest BCUT2D eigenvalue weighted by molar-refractivity contribution is 0.301. The number of aromatic amines is 1. The summed E-state index contributed by atoms with van der Waals surface area (Å²) in [5.41, 5.74) is 9.99. The van der Waals surface area contributed by atoms with Gasteiger partial charge in [-0.3, -0.25) is 0 Å². The van der Waals surface area contributed by atoms with Gasteiger partial charge in [-0.2, -0.15) is 0 Å². The van der Waals surface area contributed by atoms with Crippen LogP contribution in [-0.2, 0) is 11.8 Å². The lowest BCUT2D eigenvalue weighted by atomic mass is 9.69. The molecular formula is C17H25N3. The first-order valence-corrected chi connectivity index (χ1v) is 7.96. The number of imidazole rings is 1. The molecular weight excluding hydrogens is 246 g/mol. The summed E-state index contributed by atoms with van der Waals surface area (Å²) in [6.07, 6.45) is 8.56. The van der Waals surface area contributed by atoms with Gasteiger partial charge in [0.2, 0.25) is 0 Å². The van der Waals surface area contributed by atoms with Crippen LogP contribution in [0.1, 0.15) is 56.8 Å². The van der Waals surface area contributed by atoms with Gasteiger partial charge in [-0.05, 0) is 37.0 Å². The second-order valence-corrected chi connectivity index (χ2v) is 6.21. The highest BCUT2D eigenvalue weighted by molar-refractivity contribution is 5.76. The SMILES string of the molecule is CCCc1nc2ccc(C3(CN)CCCCC3)cc2[nH]1. The van der Waals surface area contributed by atoms with Gasteiger partial charge in [0, 0.05) is 18.4 Å². The molecule has 1 saturated carbocycles. The number of H-pyrrole nitrogens is 1. The molecule has 0 saturated heterocycles. The van der Waals surface area contributed by atoms with E-state index in [-0.39, 0.29) is 5.41 Å².